The first kappa shape index (κ1) is 26.0. The zero-order valence-electron chi connectivity index (χ0n) is 17.7. The fourth-order valence-electron chi connectivity index (χ4n) is 4.59. The van der Waals surface area contributed by atoms with E-state index in [9.17, 15) is 4.79 Å². The molecule has 5 nitrogen and oxygen atoms in total. The third kappa shape index (κ3) is 7.32. The van der Waals surface area contributed by atoms with Crippen LogP contribution in [0, 0.1) is 11.8 Å². The minimum Gasteiger partial charge on any atom is -0.496 e. The maximum atomic E-state index is 12.6. The van der Waals surface area contributed by atoms with Crippen LogP contribution >= 0.6 is 24.8 Å². The molecule has 2 heterocycles. The zero-order chi connectivity index (χ0) is 19.1. The molecule has 29 heavy (non-hydrogen) atoms. The van der Waals surface area contributed by atoms with Gasteiger partial charge in [0.2, 0.25) is 5.91 Å². The number of piperidine rings is 1. The number of carbonyl (C=O) groups is 1. The van der Waals surface area contributed by atoms with Crippen molar-refractivity contribution in [3.8, 4) is 5.75 Å². The fourth-order valence-corrected chi connectivity index (χ4v) is 4.59. The molecule has 1 amide bonds. The Labute approximate surface area is 188 Å². The molecular formula is C22H37Cl2N3O2. The maximum Gasteiger partial charge on any atom is 0.220 e. The van der Waals surface area contributed by atoms with Gasteiger partial charge in [0.1, 0.15) is 5.75 Å². The molecule has 0 saturated carbocycles. The Morgan fingerprint density at radius 1 is 1.21 bits per heavy atom. The topological polar surface area (TPSA) is 53.6 Å². The summed E-state index contributed by atoms with van der Waals surface area (Å²) in [6.07, 6.45) is 5.46. The first-order valence-corrected chi connectivity index (χ1v) is 10.5. The monoisotopic (exact) mass is 445 g/mol. The van der Waals surface area contributed by atoms with Gasteiger partial charge < -0.3 is 15.4 Å². The van der Waals surface area contributed by atoms with Crippen LogP contribution in [-0.4, -0.2) is 50.6 Å². The molecule has 2 N–H and O–H groups in total. The van der Waals surface area contributed by atoms with Crippen molar-refractivity contribution in [1.29, 1.82) is 0 Å². The van der Waals surface area contributed by atoms with Gasteiger partial charge in [-0.1, -0.05) is 25.1 Å². The Morgan fingerprint density at radius 3 is 2.52 bits per heavy atom. The van der Waals surface area contributed by atoms with E-state index in [4.69, 9.17) is 4.74 Å². The normalized spacial score (nSPS) is 19.5. The minimum atomic E-state index is 0. The lowest BCUT2D eigenvalue weighted by Gasteiger charge is -2.30. The Balaban J connectivity index is 0.00000210. The van der Waals surface area contributed by atoms with E-state index in [0.717, 1.165) is 31.9 Å². The SMILES string of the molecule is COc1ccccc1C(CNC(=O)CC(C)C1CCNCC1)N1CCCC1.Cl.Cl. The molecule has 1 aromatic carbocycles. The van der Waals surface area contributed by atoms with Crippen LogP contribution in [-0.2, 0) is 4.79 Å². The van der Waals surface area contributed by atoms with Crippen LogP contribution in [0.25, 0.3) is 0 Å². The van der Waals surface area contributed by atoms with Gasteiger partial charge in [-0.3, -0.25) is 9.69 Å². The predicted molar refractivity (Wildman–Crippen MR) is 123 cm³/mol. The van der Waals surface area contributed by atoms with E-state index >= 15 is 0 Å². The van der Waals surface area contributed by atoms with Crippen LogP contribution in [0.3, 0.4) is 0 Å². The van der Waals surface area contributed by atoms with E-state index in [2.05, 4.69) is 34.6 Å². The molecule has 0 spiro atoms. The summed E-state index contributed by atoms with van der Waals surface area (Å²) in [6, 6.07) is 8.39. The van der Waals surface area contributed by atoms with Crippen molar-refractivity contribution in [2.75, 3.05) is 39.8 Å². The molecule has 2 atom stereocenters. The Morgan fingerprint density at radius 2 is 1.86 bits per heavy atom. The van der Waals surface area contributed by atoms with E-state index in [1.807, 2.05) is 12.1 Å². The largest absolute Gasteiger partial charge is 0.496 e. The molecule has 1 aromatic rings. The van der Waals surface area contributed by atoms with Crippen LogP contribution < -0.4 is 15.4 Å². The van der Waals surface area contributed by atoms with Gasteiger partial charge in [-0.25, -0.2) is 0 Å². The van der Waals surface area contributed by atoms with Crippen molar-refractivity contribution in [1.82, 2.24) is 15.5 Å². The lowest BCUT2D eigenvalue weighted by atomic mass is 9.84. The number of rotatable bonds is 8. The van der Waals surface area contributed by atoms with E-state index < -0.39 is 0 Å². The van der Waals surface area contributed by atoms with Crippen LogP contribution in [0.4, 0.5) is 0 Å². The van der Waals surface area contributed by atoms with Gasteiger partial charge in [-0.2, -0.15) is 0 Å². The molecule has 0 bridgehead atoms. The number of halogens is 2. The number of amides is 1. The maximum absolute atomic E-state index is 12.6. The lowest BCUT2D eigenvalue weighted by molar-refractivity contribution is -0.122. The molecule has 0 radical (unpaired) electrons. The lowest BCUT2D eigenvalue weighted by Crippen LogP contribution is -2.38. The van der Waals surface area contributed by atoms with Gasteiger partial charge in [0.05, 0.1) is 13.2 Å². The number of ether oxygens (including phenoxy) is 1. The van der Waals surface area contributed by atoms with Crippen LogP contribution in [0.1, 0.15) is 50.6 Å². The van der Waals surface area contributed by atoms with Gasteiger partial charge in [-0.15, -0.1) is 24.8 Å². The van der Waals surface area contributed by atoms with E-state index in [1.54, 1.807) is 7.11 Å². The summed E-state index contributed by atoms with van der Waals surface area (Å²) in [6.45, 7) is 7.23. The number of hydrogen-bond donors (Lipinski definition) is 2. The fraction of sp³-hybridized carbons (Fsp3) is 0.682. The molecule has 2 aliphatic heterocycles. The van der Waals surface area contributed by atoms with Gasteiger partial charge in [0.25, 0.3) is 0 Å². The second-order valence-electron chi connectivity index (χ2n) is 8.07. The van der Waals surface area contributed by atoms with E-state index in [1.165, 1.54) is 31.2 Å². The number of nitrogens with zero attached hydrogens (tertiary/aromatic N) is 1. The molecule has 0 aliphatic carbocycles. The van der Waals surface area contributed by atoms with Crippen molar-refractivity contribution >= 4 is 30.7 Å². The van der Waals surface area contributed by atoms with Crippen LogP contribution in [0.5, 0.6) is 5.75 Å². The van der Waals surface area contributed by atoms with Crippen molar-refractivity contribution in [3.63, 3.8) is 0 Å². The zero-order valence-corrected chi connectivity index (χ0v) is 19.3. The minimum absolute atomic E-state index is 0. The third-order valence-electron chi connectivity index (χ3n) is 6.27. The molecule has 2 unspecified atom stereocenters. The Hall–Kier alpha value is -1.01. The number of carbonyl (C=O) groups excluding carboxylic acids is 1. The summed E-state index contributed by atoms with van der Waals surface area (Å²) >= 11 is 0. The second-order valence-corrected chi connectivity index (χ2v) is 8.07. The highest BCUT2D eigenvalue weighted by Crippen LogP contribution is 2.31. The van der Waals surface area contributed by atoms with Crippen molar-refractivity contribution in [2.24, 2.45) is 11.8 Å². The Kier molecular flexibility index (Phi) is 12.0. The van der Waals surface area contributed by atoms with Gasteiger partial charge in [0, 0.05) is 18.5 Å². The summed E-state index contributed by atoms with van der Waals surface area (Å²) < 4.78 is 5.59. The quantitative estimate of drug-likeness (QED) is 0.638. The summed E-state index contributed by atoms with van der Waals surface area (Å²) in [5, 5.41) is 6.63. The average molecular weight is 446 g/mol. The van der Waals surface area contributed by atoms with Crippen LogP contribution in [0.15, 0.2) is 24.3 Å². The van der Waals surface area contributed by atoms with Crippen molar-refractivity contribution in [3.05, 3.63) is 29.8 Å². The number of methoxy groups -OCH3 is 1. The van der Waals surface area contributed by atoms with Crippen molar-refractivity contribution < 1.29 is 9.53 Å². The molecule has 7 heteroatoms. The van der Waals surface area contributed by atoms with Crippen LogP contribution in [0.2, 0.25) is 0 Å². The van der Waals surface area contributed by atoms with E-state index in [-0.39, 0.29) is 36.8 Å². The molecule has 2 aliphatic rings. The first-order chi connectivity index (χ1) is 13.2. The highest BCUT2D eigenvalue weighted by molar-refractivity contribution is 5.85. The number of para-hydroxylation sites is 1. The summed E-state index contributed by atoms with van der Waals surface area (Å²) in [7, 11) is 1.72. The molecule has 2 saturated heterocycles. The first-order valence-electron chi connectivity index (χ1n) is 10.5. The second kappa shape index (κ2) is 13.3. The third-order valence-corrected chi connectivity index (χ3v) is 6.27. The molecule has 3 rings (SSSR count). The molecule has 166 valence electrons. The highest BCUT2D eigenvalue weighted by atomic mass is 35.5. The highest BCUT2D eigenvalue weighted by Gasteiger charge is 2.27. The number of likely N-dealkylation sites (tertiary alicyclic amines) is 1. The van der Waals surface area contributed by atoms with Gasteiger partial charge in [0.15, 0.2) is 0 Å². The Bertz CT molecular complexity index is 605. The summed E-state index contributed by atoms with van der Waals surface area (Å²) in [5.74, 6) is 2.20. The number of nitrogens with one attached hydrogen (secondary N) is 2. The molecule has 2 fully saturated rings. The standard InChI is InChI=1S/C22H35N3O2.2ClH/c1-17(18-9-11-23-12-10-18)15-22(26)24-16-20(25-13-5-6-14-25)19-7-3-4-8-21(19)27-2;;/h3-4,7-8,17-18,20,23H,5-6,9-16H2,1-2H3,(H,24,26);2*1H. The average Bonchev–Trinajstić information content (AvgIpc) is 3.23. The smallest absolute Gasteiger partial charge is 0.220 e. The van der Waals surface area contributed by atoms with Gasteiger partial charge >= 0.3 is 0 Å². The molecular weight excluding hydrogens is 409 g/mol. The predicted octanol–water partition coefficient (Wildman–Crippen LogP) is 3.82. The molecule has 0 aromatic heterocycles. The van der Waals surface area contributed by atoms with Crippen molar-refractivity contribution in [2.45, 2.75) is 45.1 Å². The van der Waals surface area contributed by atoms with Gasteiger partial charge in [-0.05, 0) is 69.8 Å². The number of benzene rings is 1. The van der Waals surface area contributed by atoms with E-state index in [0.29, 0.717) is 24.8 Å². The summed E-state index contributed by atoms with van der Waals surface area (Å²) in [5.41, 5.74) is 1.17. The number of hydrogen-bond acceptors (Lipinski definition) is 4. The summed E-state index contributed by atoms with van der Waals surface area (Å²) in [4.78, 5) is 15.1.